The highest BCUT2D eigenvalue weighted by molar-refractivity contribution is 9.09. The van der Waals surface area contributed by atoms with E-state index >= 15 is 0 Å². The van der Waals surface area contributed by atoms with Gasteiger partial charge in [0.05, 0.1) is 5.38 Å². The summed E-state index contributed by atoms with van der Waals surface area (Å²) in [6.07, 6.45) is 3.46. The molecule has 0 heterocycles. The molecular formula is C11H14BrCl. The number of unbranched alkanes of at least 4 members (excludes halogenated alkanes) is 1. The molecule has 0 saturated heterocycles. The molecule has 1 atom stereocenters. The van der Waals surface area contributed by atoms with Gasteiger partial charge in [-0.05, 0) is 18.4 Å². The zero-order valence-electron chi connectivity index (χ0n) is 7.55. The van der Waals surface area contributed by atoms with E-state index in [4.69, 9.17) is 11.6 Å². The largest absolute Gasteiger partial charge is 0.118 e. The zero-order valence-corrected chi connectivity index (χ0v) is 9.89. The van der Waals surface area contributed by atoms with Crippen molar-refractivity contribution in [2.45, 2.75) is 24.6 Å². The first-order valence-electron chi connectivity index (χ1n) is 4.59. The molecule has 0 aliphatic carbocycles. The highest BCUT2D eigenvalue weighted by Crippen LogP contribution is 2.25. The zero-order chi connectivity index (χ0) is 9.52. The van der Waals surface area contributed by atoms with Crippen molar-refractivity contribution in [2.24, 2.45) is 0 Å². The van der Waals surface area contributed by atoms with Crippen LogP contribution in [0.15, 0.2) is 30.3 Å². The molecule has 1 aromatic carbocycles. The van der Waals surface area contributed by atoms with E-state index < -0.39 is 0 Å². The van der Waals surface area contributed by atoms with Crippen LogP contribution in [0.2, 0.25) is 0 Å². The lowest BCUT2D eigenvalue weighted by Gasteiger charge is -2.08. The minimum Gasteiger partial charge on any atom is -0.118 e. The van der Waals surface area contributed by atoms with Gasteiger partial charge in [-0.25, -0.2) is 0 Å². The number of alkyl halides is 2. The Morgan fingerprint density at radius 2 is 1.85 bits per heavy atom. The first kappa shape index (κ1) is 11.1. The Morgan fingerprint density at radius 3 is 2.46 bits per heavy atom. The molecule has 0 aliphatic rings. The van der Waals surface area contributed by atoms with Crippen molar-refractivity contribution in [1.82, 2.24) is 0 Å². The quantitative estimate of drug-likeness (QED) is 0.539. The first-order chi connectivity index (χ1) is 6.34. The van der Waals surface area contributed by atoms with Gasteiger partial charge in [-0.1, -0.05) is 52.7 Å². The fourth-order valence-corrected chi connectivity index (χ4v) is 1.94. The van der Waals surface area contributed by atoms with Crippen LogP contribution >= 0.6 is 27.5 Å². The van der Waals surface area contributed by atoms with Crippen LogP contribution in [0.4, 0.5) is 0 Å². The summed E-state index contributed by atoms with van der Waals surface area (Å²) in [6.45, 7) is 0. The average molecular weight is 262 g/mol. The van der Waals surface area contributed by atoms with Crippen molar-refractivity contribution in [3.8, 4) is 0 Å². The minimum absolute atomic E-state index is 0.181. The fraction of sp³-hybridized carbons (Fsp3) is 0.455. The summed E-state index contributed by atoms with van der Waals surface area (Å²) in [4.78, 5) is 0. The van der Waals surface area contributed by atoms with E-state index in [0.29, 0.717) is 0 Å². The maximum Gasteiger partial charge on any atom is 0.0585 e. The molecule has 0 fully saturated rings. The van der Waals surface area contributed by atoms with Crippen LogP contribution in [0, 0.1) is 0 Å². The third kappa shape index (κ3) is 4.15. The molecule has 1 rings (SSSR count). The van der Waals surface area contributed by atoms with Gasteiger partial charge in [0.2, 0.25) is 0 Å². The maximum atomic E-state index is 6.23. The molecule has 0 bridgehead atoms. The van der Waals surface area contributed by atoms with Gasteiger partial charge in [0.15, 0.2) is 0 Å². The van der Waals surface area contributed by atoms with Crippen molar-refractivity contribution in [3.05, 3.63) is 35.9 Å². The normalized spacial score (nSPS) is 12.8. The van der Waals surface area contributed by atoms with Gasteiger partial charge in [0, 0.05) is 5.33 Å². The molecule has 0 N–H and O–H groups in total. The molecule has 0 aliphatic heterocycles. The Morgan fingerprint density at radius 1 is 1.15 bits per heavy atom. The number of benzene rings is 1. The van der Waals surface area contributed by atoms with Crippen LogP contribution < -0.4 is 0 Å². The molecule has 0 saturated carbocycles. The van der Waals surface area contributed by atoms with Gasteiger partial charge >= 0.3 is 0 Å². The van der Waals surface area contributed by atoms with Crippen molar-refractivity contribution in [3.63, 3.8) is 0 Å². The number of halogens is 2. The van der Waals surface area contributed by atoms with Gasteiger partial charge in [-0.2, -0.15) is 0 Å². The predicted octanol–water partition coefficient (Wildman–Crippen LogP) is 4.53. The standard InChI is InChI=1S/C11H14BrCl/c12-9-5-4-8-11(13)10-6-2-1-3-7-10/h1-3,6-7,11H,4-5,8-9H2. The Labute approximate surface area is 93.4 Å². The molecule has 0 radical (unpaired) electrons. The summed E-state index contributed by atoms with van der Waals surface area (Å²) >= 11 is 9.64. The molecule has 72 valence electrons. The lowest BCUT2D eigenvalue weighted by molar-refractivity contribution is 0.707. The second-order valence-corrected chi connectivity index (χ2v) is 4.38. The minimum atomic E-state index is 0.181. The van der Waals surface area contributed by atoms with Crippen LogP contribution in [0.25, 0.3) is 0 Å². The lowest BCUT2D eigenvalue weighted by atomic mass is 10.1. The van der Waals surface area contributed by atoms with Gasteiger partial charge in [0.25, 0.3) is 0 Å². The number of hydrogen-bond acceptors (Lipinski definition) is 0. The smallest absolute Gasteiger partial charge is 0.0585 e. The van der Waals surface area contributed by atoms with Gasteiger partial charge in [-0.15, -0.1) is 11.6 Å². The van der Waals surface area contributed by atoms with Gasteiger partial charge < -0.3 is 0 Å². The molecule has 0 aromatic heterocycles. The van der Waals surface area contributed by atoms with Crippen molar-refractivity contribution in [2.75, 3.05) is 5.33 Å². The summed E-state index contributed by atoms with van der Waals surface area (Å²) in [5, 5.41) is 1.26. The third-order valence-corrected chi connectivity index (χ3v) is 3.03. The summed E-state index contributed by atoms with van der Waals surface area (Å²) < 4.78 is 0. The molecule has 1 unspecified atom stereocenters. The Kier molecular flexibility index (Phi) is 5.49. The molecular weight excluding hydrogens is 247 g/mol. The Balaban J connectivity index is 2.35. The van der Waals surface area contributed by atoms with Crippen molar-refractivity contribution >= 4 is 27.5 Å². The van der Waals surface area contributed by atoms with E-state index in [1.807, 2.05) is 18.2 Å². The second kappa shape index (κ2) is 6.44. The van der Waals surface area contributed by atoms with E-state index in [-0.39, 0.29) is 5.38 Å². The van der Waals surface area contributed by atoms with Crippen molar-refractivity contribution < 1.29 is 0 Å². The lowest BCUT2D eigenvalue weighted by Crippen LogP contribution is -1.90. The Hall–Kier alpha value is -0.0100. The number of hydrogen-bond donors (Lipinski definition) is 0. The summed E-state index contributed by atoms with van der Waals surface area (Å²) in [6, 6.07) is 10.3. The third-order valence-electron chi connectivity index (χ3n) is 2.00. The maximum absolute atomic E-state index is 6.23. The topological polar surface area (TPSA) is 0 Å². The van der Waals surface area contributed by atoms with Crippen LogP contribution in [0.1, 0.15) is 30.2 Å². The van der Waals surface area contributed by atoms with E-state index in [1.54, 1.807) is 0 Å². The molecule has 2 heteroatoms. The SMILES string of the molecule is ClC(CCCCBr)c1ccccc1. The van der Waals surface area contributed by atoms with Crippen LogP contribution in [-0.4, -0.2) is 5.33 Å². The van der Waals surface area contributed by atoms with Crippen molar-refractivity contribution in [1.29, 1.82) is 0 Å². The van der Waals surface area contributed by atoms with Crippen LogP contribution in [0.5, 0.6) is 0 Å². The number of rotatable bonds is 5. The van der Waals surface area contributed by atoms with Gasteiger partial charge in [0.1, 0.15) is 0 Å². The summed E-state index contributed by atoms with van der Waals surface area (Å²) in [7, 11) is 0. The van der Waals surface area contributed by atoms with E-state index in [0.717, 1.165) is 11.8 Å². The molecule has 1 aromatic rings. The average Bonchev–Trinajstić information content (AvgIpc) is 2.19. The van der Waals surface area contributed by atoms with Crippen LogP contribution in [0.3, 0.4) is 0 Å². The second-order valence-electron chi connectivity index (χ2n) is 3.06. The molecule has 0 spiro atoms. The van der Waals surface area contributed by atoms with E-state index in [1.165, 1.54) is 18.4 Å². The highest BCUT2D eigenvalue weighted by Gasteiger charge is 2.05. The van der Waals surface area contributed by atoms with Gasteiger partial charge in [-0.3, -0.25) is 0 Å². The fourth-order valence-electron chi connectivity index (χ4n) is 1.25. The monoisotopic (exact) mass is 260 g/mol. The molecule has 0 nitrogen and oxygen atoms in total. The summed E-state index contributed by atoms with van der Waals surface area (Å²) in [5.41, 5.74) is 1.23. The highest BCUT2D eigenvalue weighted by atomic mass is 79.9. The summed E-state index contributed by atoms with van der Waals surface area (Å²) in [5.74, 6) is 0. The predicted molar refractivity (Wildman–Crippen MR) is 62.7 cm³/mol. The Bertz CT molecular complexity index is 223. The first-order valence-corrected chi connectivity index (χ1v) is 6.15. The molecule has 13 heavy (non-hydrogen) atoms. The van der Waals surface area contributed by atoms with E-state index in [2.05, 4.69) is 28.1 Å². The van der Waals surface area contributed by atoms with Crippen LogP contribution in [-0.2, 0) is 0 Å². The molecule has 0 amide bonds. The van der Waals surface area contributed by atoms with E-state index in [9.17, 15) is 0 Å².